The number of rotatable bonds is 7. The molecule has 0 aliphatic rings. The van der Waals surface area contributed by atoms with Gasteiger partial charge in [-0.3, -0.25) is 4.79 Å². The van der Waals surface area contributed by atoms with E-state index in [1.807, 2.05) is 61.5 Å². The first kappa shape index (κ1) is 29.7. The first-order valence-corrected chi connectivity index (χ1v) is 15.2. The van der Waals surface area contributed by atoms with E-state index in [1.54, 1.807) is 19.4 Å². The quantitative estimate of drug-likeness (QED) is 0.167. The molecule has 0 N–H and O–H groups in total. The Morgan fingerprint density at radius 1 is 0.932 bits per heavy atom. The fourth-order valence-corrected chi connectivity index (χ4v) is 6.05. The first-order valence-electron chi connectivity index (χ1n) is 14.4. The molecule has 0 unspecified atom stereocenters. The highest BCUT2D eigenvalue weighted by molar-refractivity contribution is 6.42. The third-order valence-corrected chi connectivity index (χ3v) is 8.84. The van der Waals surface area contributed by atoms with Gasteiger partial charge in [0.2, 0.25) is 0 Å². The van der Waals surface area contributed by atoms with Gasteiger partial charge < -0.3 is 9.30 Å². The SMILES string of the molecule is COc1cc(C)c(-c2nc3ccccc3c(=O)n2N=Cc2c(C)n(Cc3ccc(Cl)c(Cl)c3)c3ccccc23)cc1C(C)C. The highest BCUT2D eigenvalue weighted by Crippen LogP contribution is 2.34. The lowest BCUT2D eigenvalue weighted by Crippen LogP contribution is -2.21. The molecule has 4 aromatic carbocycles. The zero-order valence-corrected chi connectivity index (χ0v) is 26.7. The van der Waals surface area contributed by atoms with Gasteiger partial charge in [0.05, 0.1) is 34.3 Å². The summed E-state index contributed by atoms with van der Waals surface area (Å²) in [7, 11) is 1.68. The highest BCUT2D eigenvalue weighted by atomic mass is 35.5. The normalized spacial score (nSPS) is 11.8. The second-order valence-corrected chi connectivity index (χ2v) is 12.0. The van der Waals surface area contributed by atoms with E-state index >= 15 is 0 Å². The third-order valence-electron chi connectivity index (χ3n) is 8.10. The largest absolute Gasteiger partial charge is 0.496 e. The summed E-state index contributed by atoms with van der Waals surface area (Å²) in [4.78, 5) is 19.0. The van der Waals surface area contributed by atoms with Gasteiger partial charge in [-0.15, -0.1) is 0 Å². The van der Waals surface area contributed by atoms with Crippen LogP contribution in [0.3, 0.4) is 0 Å². The highest BCUT2D eigenvalue weighted by Gasteiger charge is 2.19. The number of hydrogen-bond donors (Lipinski definition) is 0. The van der Waals surface area contributed by atoms with Crippen LogP contribution in [-0.2, 0) is 6.54 Å². The summed E-state index contributed by atoms with van der Waals surface area (Å²) in [6, 6.07) is 25.3. The Labute approximate surface area is 266 Å². The summed E-state index contributed by atoms with van der Waals surface area (Å²) in [5, 5.41) is 7.42. The van der Waals surface area contributed by atoms with Crippen LogP contribution in [0, 0.1) is 13.8 Å². The maximum Gasteiger partial charge on any atom is 0.282 e. The molecule has 0 amide bonds. The van der Waals surface area contributed by atoms with Crippen molar-refractivity contribution in [2.75, 3.05) is 7.11 Å². The molecule has 0 fully saturated rings. The number of fused-ring (bicyclic) bond motifs is 2. The molecule has 0 saturated carbocycles. The standard InChI is InChI=1S/C36H32Cl2N4O2/c1-21(2)27-18-28(22(3)16-34(27)44-5)35-40-32-12-8-6-11-26(32)36(43)42(35)39-19-29-23(4)41(33-13-9-7-10-25(29)33)20-24-14-15-30(37)31(38)17-24/h6-19,21H,20H2,1-5H3. The third kappa shape index (κ3) is 5.29. The van der Waals surface area contributed by atoms with Crippen molar-refractivity contribution in [3.05, 3.63) is 127 Å². The van der Waals surface area contributed by atoms with Crippen molar-refractivity contribution < 1.29 is 4.74 Å². The summed E-state index contributed by atoms with van der Waals surface area (Å²) in [6.07, 6.45) is 1.77. The van der Waals surface area contributed by atoms with Crippen molar-refractivity contribution in [2.24, 2.45) is 5.10 Å². The molecule has 6 rings (SSSR count). The van der Waals surface area contributed by atoms with Crippen LogP contribution in [0.25, 0.3) is 33.2 Å². The lowest BCUT2D eigenvalue weighted by molar-refractivity contribution is 0.407. The molecule has 6 nitrogen and oxygen atoms in total. The molecule has 0 atom stereocenters. The number of ether oxygens (including phenoxy) is 1. The van der Waals surface area contributed by atoms with Crippen molar-refractivity contribution in [3.63, 3.8) is 0 Å². The summed E-state index contributed by atoms with van der Waals surface area (Å²) >= 11 is 12.5. The zero-order valence-electron chi connectivity index (χ0n) is 25.2. The molecule has 8 heteroatoms. The number of aromatic nitrogens is 3. The van der Waals surface area contributed by atoms with E-state index in [-0.39, 0.29) is 11.5 Å². The average Bonchev–Trinajstić information content (AvgIpc) is 3.28. The maximum atomic E-state index is 14.0. The summed E-state index contributed by atoms with van der Waals surface area (Å²) in [6.45, 7) is 8.89. The molecule has 2 aromatic heterocycles. The molecule has 0 aliphatic heterocycles. The number of benzene rings is 4. The number of para-hydroxylation sites is 2. The zero-order chi connectivity index (χ0) is 31.1. The second-order valence-electron chi connectivity index (χ2n) is 11.2. The predicted molar refractivity (Wildman–Crippen MR) is 182 cm³/mol. The van der Waals surface area contributed by atoms with Gasteiger partial charge in [-0.05, 0) is 78.9 Å². The van der Waals surface area contributed by atoms with Crippen molar-refractivity contribution in [2.45, 2.75) is 40.2 Å². The van der Waals surface area contributed by atoms with E-state index in [4.69, 9.17) is 38.0 Å². The number of nitrogens with zero attached hydrogens (tertiary/aromatic N) is 4. The van der Waals surface area contributed by atoms with Crippen molar-refractivity contribution in [1.82, 2.24) is 14.2 Å². The average molecular weight is 624 g/mol. The van der Waals surface area contributed by atoms with Gasteiger partial charge in [0.1, 0.15) is 5.75 Å². The van der Waals surface area contributed by atoms with Gasteiger partial charge in [0.25, 0.3) is 5.56 Å². The molecule has 44 heavy (non-hydrogen) atoms. The van der Waals surface area contributed by atoms with Crippen LogP contribution in [-0.4, -0.2) is 27.6 Å². The molecule has 0 saturated heterocycles. The maximum absolute atomic E-state index is 14.0. The number of methoxy groups -OCH3 is 1. The number of aryl methyl sites for hydroxylation is 1. The molecule has 0 bridgehead atoms. The minimum Gasteiger partial charge on any atom is -0.496 e. The fourth-order valence-electron chi connectivity index (χ4n) is 5.73. The fraction of sp³-hybridized carbons (Fsp3) is 0.194. The summed E-state index contributed by atoms with van der Waals surface area (Å²) < 4.78 is 9.33. The topological polar surface area (TPSA) is 61.4 Å². The van der Waals surface area contributed by atoms with Gasteiger partial charge >= 0.3 is 0 Å². The minimum absolute atomic E-state index is 0.206. The van der Waals surface area contributed by atoms with Crippen LogP contribution in [0.2, 0.25) is 10.0 Å². The van der Waals surface area contributed by atoms with Crippen molar-refractivity contribution in [1.29, 1.82) is 0 Å². The first-order chi connectivity index (χ1) is 21.2. The van der Waals surface area contributed by atoms with Crippen LogP contribution in [0.1, 0.15) is 47.7 Å². The smallest absolute Gasteiger partial charge is 0.282 e. The van der Waals surface area contributed by atoms with Crippen LogP contribution in [0.15, 0.2) is 88.8 Å². The summed E-state index contributed by atoms with van der Waals surface area (Å²) in [5.74, 6) is 1.49. The van der Waals surface area contributed by atoms with E-state index < -0.39 is 0 Å². The Morgan fingerprint density at radius 2 is 1.66 bits per heavy atom. The Bertz CT molecular complexity index is 2140. The minimum atomic E-state index is -0.236. The van der Waals surface area contributed by atoms with Crippen LogP contribution >= 0.6 is 23.2 Å². The Morgan fingerprint density at radius 3 is 2.39 bits per heavy atom. The van der Waals surface area contributed by atoms with Crippen molar-refractivity contribution in [3.8, 4) is 17.1 Å². The monoisotopic (exact) mass is 622 g/mol. The van der Waals surface area contributed by atoms with Gasteiger partial charge in [-0.25, -0.2) is 4.98 Å². The van der Waals surface area contributed by atoms with E-state index in [9.17, 15) is 4.79 Å². The molecule has 222 valence electrons. The van der Waals surface area contributed by atoms with Gasteiger partial charge in [-0.1, -0.05) is 73.4 Å². The molecule has 0 spiro atoms. The molecular formula is C36H32Cl2N4O2. The van der Waals surface area contributed by atoms with Gasteiger partial charge in [0.15, 0.2) is 5.82 Å². The molecule has 2 heterocycles. The lowest BCUT2D eigenvalue weighted by atomic mass is 9.96. The Hall–Kier alpha value is -4.39. The van der Waals surface area contributed by atoms with Crippen LogP contribution < -0.4 is 10.3 Å². The van der Waals surface area contributed by atoms with Crippen molar-refractivity contribution >= 4 is 51.2 Å². The van der Waals surface area contributed by atoms with E-state index in [0.717, 1.165) is 50.2 Å². The van der Waals surface area contributed by atoms with E-state index in [1.165, 1.54) is 4.68 Å². The molecule has 0 aliphatic carbocycles. The number of hydrogen-bond acceptors (Lipinski definition) is 4. The molecular weight excluding hydrogens is 591 g/mol. The van der Waals surface area contributed by atoms with E-state index in [2.05, 4.69) is 43.5 Å². The molecule has 6 aromatic rings. The number of halogens is 2. The predicted octanol–water partition coefficient (Wildman–Crippen LogP) is 9.00. The van der Waals surface area contributed by atoms with Gasteiger partial charge in [0, 0.05) is 34.3 Å². The lowest BCUT2D eigenvalue weighted by Gasteiger charge is -2.17. The summed E-state index contributed by atoms with van der Waals surface area (Å²) in [5.41, 5.74) is 7.18. The van der Waals surface area contributed by atoms with Crippen LogP contribution in [0.4, 0.5) is 0 Å². The van der Waals surface area contributed by atoms with Crippen LogP contribution in [0.5, 0.6) is 5.75 Å². The Balaban J connectivity index is 1.55. The van der Waals surface area contributed by atoms with Gasteiger partial charge in [-0.2, -0.15) is 9.78 Å². The second kappa shape index (κ2) is 11.9. The van der Waals surface area contributed by atoms with E-state index in [0.29, 0.717) is 33.3 Å². The Kier molecular flexibility index (Phi) is 8.06. The molecule has 0 radical (unpaired) electrons.